The maximum Gasteiger partial charge on any atom is 0.232 e. The van der Waals surface area contributed by atoms with E-state index in [0.29, 0.717) is 16.3 Å². The van der Waals surface area contributed by atoms with Gasteiger partial charge in [-0.05, 0) is 18.2 Å². The SMILES string of the molecule is N#Cc1ccc(Cl)cc1N1CC(CS(=O)(=O)Cl)CC1=O. The van der Waals surface area contributed by atoms with Crippen molar-refractivity contribution in [2.75, 3.05) is 17.2 Å². The van der Waals surface area contributed by atoms with Crippen LogP contribution in [0.25, 0.3) is 0 Å². The van der Waals surface area contributed by atoms with Gasteiger partial charge in [0.1, 0.15) is 6.07 Å². The Bertz CT molecular complexity index is 697. The standard InChI is InChI=1S/C12H10Cl2N2O3S/c13-10-2-1-9(5-15)11(4-10)16-6-8(3-12(16)17)7-20(14,18)19/h1-2,4,8H,3,6-7H2. The average molecular weight is 333 g/mol. The highest BCUT2D eigenvalue weighted by atomic mass is 35.7. The fourth-order valence-electron chi connectivity index (χ4n) is 2.23. The fourth-order valence-corrected chi connectivity index (χ4v) is 3.72. The van der Waals surface area contributed by atoms with Crippen LogP contribution < -0.4 is 4.90 Å². The first-order valence-corrected chi connectivity index (χ1v) is 8.58. The van der Waals surface area contributed by atoms with Crippen LogP contribution in [0.1, 0.15) is 12.0 Å². The zero-order valence-corrected chi connectivity index (χ0v) is 12.5. The molecule has 0 bridgehead atoms. The molecule has 1 aliphatic rings. The molecule has 1 amide bonds. The quantitative estimate of drug-likeness (QED) is 0.794. The number of carbonyl (C=O) groups excluding carboxylic acids is 1. The third-order valence-electron chi connectivity index (χ3n) is 3.01. The lowest BCUT2D eigenvalue weighted by Crippen LogP contribution is -2.26. The molecule has 0 saturated carbocycles. The van der Waals surface area contributed by atoms with E-state index in [1.165, 1.54) is 17.0 Å². The van der Waals surface area contributed by atoms with Crippen molar-refractivity contribution < 1.29 is 13.2 Å². The van der Waals surface area contributed by atoms with E-state index in [1.807, 2.05) is 6.07 Å². The zero-order valence-electron chi connectivity index (χ0n) is 10.2. The molecule has 0 aromatic heterocycles. The first-order valence-electron chi connectivity index (χ1n) is 5.72. The van der Waals surface area contributed by atoms with Crippen LogP contribution in [-0.2, 0) is 13.8 Å². The van der Waals surface area contributed by atoms with Gasteiger partial charge in [0.25, 0.3) is 0 Å². The lowest BCUT2D eigenvalue weighted by molar-refractivity contribution is -0.117. The Morgan fingerprint density at radius 1 is 1.45 bits per heavy atom. The maximum absolute atomic E-state index is 12.0. The molecular formula is C12H10Cl2N2O3S. The van der Waals surface area contributed by atoms with E-state index in [-0.39, 0.29) is 30.5 Å². The van der Waals surface area contributed by atoms with Gasteiger partial charge in [-0.25, -0.2) is 8.42 Å². The van der Waals surface area contributed by atoms with E-state index < -0.39 is 9.05 Å². The molecule has 1 aromatic carbocycles. The zero-order chi connectivity index (χ0) is 14.9. The van der Waals surface area contributed by atoms with Gasteiger partial charge < -0.3 is 4.90 Å². The normalized spacial score (nSPS) is 19.1. The minimum Gasteiger partial charge on any atom is -0.311 e. The summed E-state index contributed by atoms with van der Waals surface area (Å²) in [4.78, 5) is 13.4. The van der Waals surface area contributed by atoms with Crippen LogP contribution >= 0.6 is 22.3 Å². The van der Waals surface area contributed by atoms with Crippen molar-refractivity contribution in [3.05, 3.63) is 28.8 Å². The molecule has 1 unspecified atom stereocenters. The number of anilines is 1. The second-order valence-electron chi connectivity index (χ2n) is 4.55. The number of nitriles is 1. The summed E-state index contributed by atoms with van der Waals surface area (Å²) in [6.07, 6.45) is 0.0866. The van der Waals surface area contributed by atoms with E-state index in [1.54, 1.807) is 6.07 Å². The molecule has 2 rings (SSSR count). The van der Waals surface area contributed by atoms with Crippen molar-refractivity contribution in [2.45, 2.75) is 6.42 Å². The second kappa shape index (κ2) is 5.60. The molecule has 0 spiro atoms. The number of hydrogen-bond acceptors (Lipinski definition) is 4. The van der Waals surface area contributed by atoms with Crippen LogP contribution in [0, 0.1) is 17.2 Å². The summed E-state index contributed by atoms with van der Waals surface area (Å²) in [6.45, 7) is 0.208. The molecule has 20 heavy (non-hydrogen) atoms. The Labute approximate surface area is 126 Å². The molecule has 1 aliphatic heterocycles. The van der Waals surface area contributed by atoms with Crippen LogP contribution in [0.2, 0.25) is 5.02 Å². The van der Waals surface area contributed by atoms with E-state index in [0.717, 1.165) is 0 Å². The summed E-state index contributed by atoms with van der Waals surface area (Å²) in [5, 5.41) is 9.46. The molecule has 1 fully saturated rings. The van der Waals surface area contributed by atoms with Crippen LogP contribution in [0.4, 0.5) is 5.69 Å². The average Bonchev–Trinajstić information content (AvgIpc) is 2.67. The van der Waals surface area contributed by atoms with E-state index in [2.05, 4.69) is 0 Å². The van der Waals surface area contributed by atoms with Gasteiger partial charge in [0.05, 0.1) is 17.0 Å². The summed E-state index contributed by atoms with van der Waals surface area (Å²) in [5.74, 6) is -0.885. The van der Waals surface area contributed by atoms with Crippen molar-refractivity contribution in [1.29, 1.82) is 5.26 Å². The first kappa shape index (κ1) is 15.1. The summed E-state index contributed by atoms with van der Waals surface area (Å²) >= 11 is 5.88. The largest absolute Gasteiger partial charge is 0.311 e. The van der Waals surface area contributed by atoms with Crippen molar-refractivity contribution in [2.24, 2.45) is 5.92 Å². The van der Waals surface area contributed by atoms with Gasteiger partial charge in [0.2, 0.25) is 15.0 Å². The lowest BCUT2D eigenvalue weighted by atomic mass is 10.1. The number of nitrogens with zero attached hydrogens (tertiary/aromatic N) is 2. The number of halogens is 2. The van der Waals surface area contributed by atoms with E-state index >= 15 is 0 Å². The highest BCUT2D eigenvalue weighted by Gasteiger charge is 2.34. The van der Waals surface area contributed by atoms with Crippen molar-refractivity contribution in [3.63, 3.8) is 0 Å². The van der Waals surface area contributed by atoms with E-state index in [9.17, 15) is 13.2 Å². The molecule has 106 valence electrons. The van der Waals surface area contributed by atoms with Gasteiger partial charge in [-0.1, -0.05) is 11.6 Å². The first-order chi connectivity index (χ1) is 9.30. The highest BCUT2D eigenvalue weighted by molar-refractivity contribution is 8.13. The summed E-state index contributed by atoms with van der Waals surface area (Å²) in [7, 11) is 1.55. The summed E-state index contributed by atoms with van der Waals surface area (Å²) in [5.41, 5.74) is 0.719. The Balaban J connectivity index is 2.29. The summed E-state index contributed by atoms with van der Waals surface area (Å²) in [6, 6.07) is 6.59. The number of rotatable bonds is 3. The number of carbonyl (C=O) groups is 1. The van der Waals surface area contributed by atoms with Crippen LogP contribution in [-0.4, -0.2) is 26.6 Å². The topological polar surface area (TPSA) is 78.2 Å². The predicted molar refractivity (Wildman–Crippen MR) is 76.3 cm³/mol. The number of benzene rings is 1. The monoisotopic (exact) mass is 332 g/mol. The fraction of sp³-hybridized carbons (Fsp3) is 0.333. The Kier molecular flexibility index (Phi) is 4.23. The second-order valence-corrected chi connectivity index (χ2v) is 7.81. The highest BCUT2D eigenvalue weighted by Crippen LogP contribution is 2.31. The van der Waals surface area contributed by atoms with Crippen LogP contribution in [0.15, 0.2) is 18.2 Å². The van der Waals surface area contributed by atoms with Crippen LogP contribution in [0.3, 0.4) is 0 Å². The maximum atomic E-state index is 12.0. The smallest absolute Gasteiger partial charge is 0.232 e. The molecule has 1 aromatic rings. The number of amides is 1. The van der Waals surface area contributed by atoms with Crippen LogP contribution in [0.5, 0.6) is 0 Å². The van der Waals surface area contributed by atoms with Crippen molar-refractivity contribution >= 4 is 42.9 Å². The minimum atomic E-state index is -3.66. The summed E-state index contributed by atoms with van der Waals surface area (Å²) < 4.78 is 22.2. The molecular weight excluding hydrogens is 323 g/mol. The van der Waals surface area contributed by atoms with Crippen molar-refractivity contribution in [1.82, 2.24) is 0 Å². The number of hydrogen-bond donors (Lipinski definition) is 0. The van der Waals surface area contributed by atoms with Crippen molar-refractivity contribution in [3.8, 4) is 6.07 Å². The Hall–Kier alpha value is -1.29. The Morgan fingerprint density at radius 2 is 2.15 bits per heavy atom. The lowest BCUT2D eigenvalue weighted by Gasteiger charge is -2.18. The molecule has 8 heteroatoms. The molecule has 0 radical (unpaired) electrons. The third-order valence-corrected chi connectivity index (χ3v) is 4.49. The molecule has 1 heterocycles. The molecule has 0 N–H and O–H groups in total. The van der Waals surface area contributed by atoms with Gasteiger partial charge in [0, 0.05) is 34.6 Å². The predicted octanol–water partition coefficient (Wildman–Crippen LogP) is 2.13. The van der Waals surface area contributed by atoms with Gasteiger partial charge in [-0.15, -0.1) is 0 Å². The molecule has 1 atom stereocenters. The Morgan fingerprint density at radius 3 is 2.75 bits per heavy atom. The van der Waals surface area contributed by atoms with Gasteiger partial charge >= 0.3 is 0 Å². The molecule has 5 nitrogen and oxygen atoms in total. The van der Waals surface area contributed by atoms with E-state index in [4.69, 9.17) is 27.5 Å². The van der Waals surface area contributed by atoms with Gasteiger partial charge in [-0.2, -0.15) is 5.26 Å². The van der Waals surface area contributed by atoms with Gasteiger partial charge in [-0.3, -0.25) is 4.79 Å². The third kappa shape index (κ3) is 3.42. The minimum absolute atomic E-state index is 0.0866. The van der Waals surface area contributed by atoms with Gasteiger partial charge in [0.15, 0.2) is 0 Å². The molecule has 0 aliphatic carbocycles. The molecule has 1 saturated heterocycles.